The molecule has 3 N–H and O–H groups in total. The second-order valence-corrected chi connectivity index (χ2v) is 4.99. The van der Waals surface area contributed by atoms with E-state index in [1.54, 1.807) is 6.07 Å². The number of hydrogen-bond acceptors (Lipinski definition) is 6. The van der Waals surface area contributed by atoms with Crippen LogP contribution in [0.3, 0.4) is 0 Å². The first-order valence-corrected chi connectivity index (χ1v) is 6.88. The van der Waals surface area contributed by atoms with Gasteiger partial charge in [-0.15, -0.1) is 0 Å². The number of nitrogen functional groups attached to an aromatic ring is 1. The summed E-state index contributed by atoms with van der Waals surface area (Å²) >= 11 is 0. The smallest absolute Gasteiger partial charge is 0.341 e. The summed E-state index contributed by atoms with van der Waals surface area (Å²) in [5.74, 6) is 0.0905. The molecule has 110 valence electrons. The lowest BCUT2D eigenvalue weighted by molar-refractivity contribution is 0.0601. The van der Waals surface area contributed by atoms with Crippen molar-refractivity contribution in [3.63, 3.8) is 0 Å². The summed E-state index contributed by atoms with van der Waals surface area (Å²) in [6.45, 7) is 0.467. The Hall–Kier alpha value is -1.82. The molecule has 1 aliphatic carbocycles. The number of carbonyl (C=O) groups excluding carboxylic acids is 1. The van der Waals surface area contributed by atoms with Crippen LogP contribution in [0.5, 0.6) is 0 Å². The molecular weight excluding hydrogens is 258 g/mol. The van der Waals surface area contributed by atoms with E-state index in [4.69, 9.17) is 10.5 Å². The summed E-state index contributed by atoms with van der Waals surface area (Å²) in [6.07, 6.45) is 5.95. The lowest BCUT2D eigenvalue weighted by Gasteiger charge is -2.30. The van der Waals surface area contributed by atoms with Crippen molar-refractivity contribution in [2.45, 2.75) is 31.7 Å². The van der Waals surface area contributed by atoms with Gasteiger partial charge in [0.25, 0.3) is 0 Å². The van der Waals surface area contributed by atoms with Crippen molar-refractivity contribution < 1.29 is 14.6 Å². The fraction of sp³-hybridized carbons (Fsp3) is 0.571. The van der Waals surface area contributed by atoms with Crippen molar-refractivity contribution in [2.24, 2.45) is 0 Å². The number of esters is 1. The Kier molecular flexibility index (Phi) is 4.79. The van der Waals surface area contributed by atoms with Crippen LogP contribution in [0.1, 0.15) is 36.0 Å². The van der Waals surface area contributed by atoms with E-state index < -0.39 is 5.97 Å². The lowest BCUT2D eigenvalue weighted by Crippen LogP contribution is -2.37. The predicted molar refractivity (Wildman–Crippen MR) is 76.7 cm³/mol. The zero-order valence-electron chi connectivity index (χ0n) is 11.7. The molecule has 2 rings (SSSR count). The number of aliphatic hydroxyl groups excluding tert-OH is 1. The van der Waals surface area contributed by atoms with Gasteiger partial charge in [0.05, 0.1) is 25.6 Å². The summed E-state index contributed by atoms with van der Waals surface area (Å²) in [6, 6.07) is 1.88. The SMILES string of the molecule is COC(=O)c1cc(N)cnc1N(CCO)C1CCCC1. The molecule has 0 spiro atoms. The Morgan fingerprint density at radius 2 is 2.25 bits per heavy atom. The molecule has 0 saturated heterocycles. The summed E-state index contributed by atoms with van der Waals surface area (Å²) in [4.78, 5) is 18.2. The molecule has 0 radical (unpaired) electrons. The minimum atomic E-state index is -0.458. The first-order chi connectivity index (χ1) is 9.67. The van der Waals surface area contributed by atoms with Crippen molar-refractivity contribution in [2.75, 3.05) is 30.9 Å². The maximum Gasteiger partial charge on any atom is 0.341 e. The first-order valence-electron chi connectivity index (χ1n) is 6.88. The van der Waals surface area contributed by atoms with Gasteiger partial charge in [-0.1, -0.05) is 12.8 Å². The quantitative estimate of drug-likeness (QED) is 0.787. The van der Waals surface area contributed by atoms with Gasteiger partial charge in [-0.2, -0.15) is 0 Å². The molecular formula is C14H21N3O3. The number of aromatic nitrogens is 1. The zero-order valence-corrected chi connectivity index (χ0v) is 11.7. The number of pyridine rings is 1. The van der Waals surface area contributed by atoms with E-state index in [-0.39, 0.29) is 6.61 Å². The van der Waals surface area contributed by atoms with Gasteiger partial charge in [0.15, 0.2) is 0 Å². The number of aliphatic hydroxyl groups is 1. The highest BCUT2D eigenvalue weighted by Gasteiger charge is 2.27. The Labute approximate surface area is 118 Å². The number of anilines is 2. The molecule has 1 aliphatic rings. The van der Waals surface area contributed by atoms with Crippen molar-refractivity contribution in [1.82, 2.24) is 4.98 Å². The Morgan fingerprint density at radius 3 is 2.85 bits per heavy atom. The van der Waals surface area contributed by atoms with E-state index in [2.05, 4.69) is 4.98 Å². The second kappa shape index (κ2) is 6.56. The van der Waals surface area contributed by atoms with Crippen LogP contribution in [0.15, 0.2) is 12.3 Å². The molecule has 0 amide bonds. The monoisotopic (exact) mass is 279 g/mol. The zero-order chi connectivity index (χ0) is 14.5. The predicted octanol–water partition coefficient (Wildman–Crippen LogP) is 1.19. The van der Waals surface area contributed by atoms with Gasteiger partial charge < -0.3 is 20.5 Å². The third-order valence-corrected chi connectivity index (χ3v) is 3.67. The van der Waals surface area contributed by atoms with Crippen molar-refractivity contribution in [3.8, 4) is 0 Å². The fourth-order valence-electron chi connectivity index (χ4n) is 2.75. The summed E-state index contributed by atoms with van der Waals surface area (Å²) in [5, 5.41) is 9.29. The van der Waals surface area contributed by atoms with E-state index in [9.17, 15) is 9.90 Å². The van der Waals surface area contributed by atoms with Crippen molar-refractivity contribution in [3.05, 3.63) is 17.8 Å². The van der Waals surface area contributed by atoms with Gasteiger partial charge >= 0.3 is 5.97 Å². The molecule has 6 heteroatoms. The van der Waals surface area contributed by atoms with Crippen LogP contribution in [0.25, 0.3) is 0 Å². The van der Waals surface area contributed by atoms with Crippen molar-refractivity contribution in [1.29, 1.82) is 0 Å². The molecule has 1 fully saturated rings. The number of ether oxygens (including phenoxy) is 1. The number of carbonyl (C=O) groups is 1. The molecule has 20 heavy (non-hydrogen) atoms. The molecule has 0 bridgehead atoms. The van der Waals surface area contributed by atoms with Gasteiger partial charge in [-0.25, -0.2) is 9.78 Å². The standard InChI is InChI=1S/C14H21N3O3/c1-20-14(19)12-8-10(15)9-16-13(12)17(6-7-18)11-4-2-3-5-11/h8-9,11,18H,2-7,15H2,1H3. The summed E-state index contributed by atoms with van der Waals surface area (Å²) < 4.78 is 4.80. The number of nitrogens with zero attached hydrogens (tertiary/aromatic N) is 2. The van der Waals surface area contributed by atoms with E-state index >= 15 is 0 Å². The van der Waals surface area contributed by atoms with E-state index in [0.29, 0.717) is 29.7 Å². The Bertz CT molecular complexity index is 473. The van der Waals surface area contributed by atoms with E-state index in [1.165, 1.54) is 13.3 Å². The highest BCUT2D eigenvalue weighted by molar-refractivity contribution is 5.95. The first kappa shape index (κ1) is 14.6. The Morgan fingerprint density at radius 1 is 1.55 bits per heavy atom. The molecule has 6 nitrogen and oxygen atoms in total. The second-order valence-electron chi connectivity index (χ2n) is 4.99. The summed E-state index contributed by atoms with van der Waals surface area (Å²) in [7, 11) is 1.33. The maximum atomic E-state index is 11.9. The van der Waals surface area contributed by atoms with Crippen LogP contribution in [0, 0.1) is 0 Å². The van der Waals surface area contributed by atoms with Crippen LogP contribution in [-0.4, -0.2) is 42.4 Å². The molecule has 1 heterocycles. The topological polar surface area (TPSA) is 88.7 Å². The van der Waals surface area contributed by atoms with Gasteiger partial charge in [0.2, 0.25) is 0 Å². The number of nitrogens with two attached hydrogens (primary N) is 1. The van der Waals surface area contributed by atoms with Gasteiger partial charge in [0.1, 0.15) is 11.4 Å². The van der Waals surface area contributed by atoms with Crippen LogP contribution in [-0.2, 0) is 4.74 Å². The van der Waals surface area contributed by atoms with Crippen LogP contribution < -0.4 is 10.6 Å². The maximum absolute atomic E-state index is 11.9. The number of rotatable bonds is 5. The normalized spacial score (nSPS) is 15.3. The molecule has 1 saturated carbocycles. The molecule has 0 atom stereocenters. The highest BCUT2D eigenvalue weighted by Crippen LogP contribution is 2.30. The largest absolute Gasteiger partial charge is 0.465 e. The van der Waals surface area contributed by atoms with Crippen LogP contribution in [0.4, 0.5) is 11.5 Å². The third kappa shape index (κ3) is 3.01. The number of hydrogen-bond donors (Lipinski definition) is 2. The van der Waals surface area contributed by atoms with Gasteiger partial charge in [-0.3, -0.25) is 0 Å². The summed E-state index contributed by atoms with van der Waals surface area (Å²) in [5.41, 5.74) is 6.48. The highest BCUT2D eigenvalue weighted by atomic mass is 16.5. The average molecular weight is 279 g/mol. The van der Waals surface area contributed by atoms with Gasteiger partial charge in [0, 0.05) is 12.6 Å². The van der Waals surface area contributed by atoms with E-state index in [1.807, 2.05) is 4.90 Å². The van der Waals surface area contributed by atoms with Crippen LogP contribution >= 0.6 is 0 Å². The lowest BCUT2D eigenvalue weighted by atomic mass is 10.1. The molecule has 1 aromatic rings. The minimum absolute atomic E-state index is 0.0170. The molecule has 0 unspecified atom stereocenters. The minimum Gasteiger partial charge on any atom is -0.465 e. The molecule has 1 aromatic heterocycles. The average Bonchev–Trinajstić information content (AvgIpc) is 2.98. The molecule has 0 aromatic carbocycles. The molecule has 0 aliphatic heterocycles. The number of methoxy groups -OCH3 is 1. The fourth-order valence-corrected chi connectivity index (χ4v) is 2.75. The van der Waals surface area contributed by atoms with E-state index in [0.717, 1.165) is 25.7 Å². The third-order valence-electron chi connectivity index (χ3n) is 3.67. The van der Waals surface area contributed by atoms with Crippen LogP contribution in [0.2, 0.25) is 0 Å². The van der Waals surface area contributed by atoms with Crippen molar-refractivity contribution >= 4 is 17.5 Å². The Balaban J connectivity index is 2.38. The van der Waals surface area contributed by atoms with Gasteiger partial charge in [-0.05, 0) is 18.9 Å².